The van der Waals surface area contributed by atoms with Crippen LogP contribution in [0.1, 0.15) is 26.2 Å². The van der Waals surface area contributed by atoms with Crippen molar-refractivity contribution in [2.75, 3.05) is 20.2 Å². The molecule has 0 aromatic rings. The van der Waals surface area contributed by atoms with Gasteiger partial charge in [-0.05, 0) is 38.8 Å². The van der Waals surface area contributed by atoms with Gasteiger partial charge in [-0.25, -0.2) is 0 Å². The molecule has 0 amide bonds. The molecular formula is C10H22N2O. The molecule has 0 spiro atoms. The van der Waals surface area contributed by atoms with Crippen molar-refractivity contribution in [2.24, 2.45) is 11.7 Å². The van der Waals surface area contributed by atoms with E-state index in [4.69, 9.17) is 5.73 Å². The van der Waals surface area contributed by atoms with E-state index in [1.807, 2.05) is 7.05 Å². The van der Waals surface area contributed by atoms with E-state index in [9.17, 15) is 5.11 Å². The van der Waals surface area contributed by atoms with Crippen LogP contribution in [0.4, 0.5) is 0 Å². The number of aliphatic hydroxyl groups excluding tert-OH is 1. The Hall–Kier alpha value is -0.120. The van der Waals surface area contributed by atoms with Crippen LogP contribution in [-0.4, -0.2) is 42.3 Å². The number of likely N-dealkylation sites (N-methyl/N-ethyl adjacent to an activating group) is 1. The number of aliphatic hydroxyl groups is 1. The first-order chi connectivity index (χ1) is 6.20. The molecule has 78 valence electrons. The Morgan fingerprint density at radius 2 is 2.15 bits per heavy atom. The topological polar surface area (TPSA) is 49.5 Å². The van der Waals surface area contributed by atoms with Gasteiger partial charge in [-0.15, -0.1) is 0 Å². The normalized spacial score (nSPS) is 21.9. The molecule has 2 atom stereocenters. The van der Waals surface area contributed by atoms with Crippen molar-refractivity contribution < 1.29 is 5.11 Å². The van der Waals surface area contributed by atoms with Gasteiger partial charge < -0.3 is 10.8 Å². The van der Waals surface area contributed by atoms with Gasteiger partial charge in [0.05, 0.1) is 6.61 Å². The lowest BCUT2D eigenvalue weighted by Crippen LogP contribution is -2.49. The Morgan fingerprint density at radius 3 is 2.54 bits per heavy atom. The summed E-state index contributed by atoms with van der Waals surface area (Å²) in [5.74, 6) is 0.663. The molecule has 1 fully saturated rings. The van der Waals surface area contributed by atoms with E-state index in [0.717, 1.165) is 13.0 Å². The number of nitrogens with zero attached hydrogens (tertiary/aromatic N) is 1. The zero-order valence-electron chi connectivity index (χ0n) is 8.74. The van der Waals surface area contributed by atoms with Crippen LogP contribution in [-0.2, 0) is 0 Å². The molecule has 1 saturated carbocycles. The lowest BCUT2D eigenvalue weighted by Gasteiger charge is -2.31. The summed E-state index contributed by atoms with van der Waals surface area (Å²) in [5, 5.41) is 9.25. The first-order valence-corrected chi connectivity index (χ1v) is 5.27. The van der Waals surface area contributed by atoms with Gasteiger partial charge in [0.1, 0.15) is 0 Å². The van der Waals surface area contributed by atoms with Crippen LogP contribution < -0.4 is 5.73 Å². The van der Waals surface area contributed by atoms with Crippen LogP contribution in [0.25, 0.3) is 0 Å². The molecule has 1 rings (SSSR count). The summed E-state index contributed by atoms with van der Waals surface area (Å²) in [7, 11) is 2.05. The first-order valence-electron chi connectivity index (χ1n) is 5.27. The van der Waals surface area contributed by atoms with Gasteiger partial charge in [0.2, 0.25) is 0 Å². The molecule has 3 N–H and O–H groups in total. The van der Waals surface area contributed by atoms with E-state index < -0.39 is 0 Å². The predicted octanol–water partition coefficient (Wildman–Crippen LogP) is 0.426. The van der Waals surface area contributed by atoms with Gasteiger partial charge in [-0.2, -0.15) is 0 Å². The molecule has 0 heterocycles. The van der Waals surface area contributed by atoms with E-state index in [0.29, 0.717) is 5.92 Å². The van der Waals surface area contributed by atoms with E-state index in [1.54, 1.807) is 0 Å². The second kappa shape index (κ2) is 4.94. The highest BCUT2D eigenvalue weighted by molar-refractivity contribution is 4.92. The maximum atomic E-state index is 9.25. The Morgan fingerprint density at radius 1 is 1.54 bits per heavy atom. The Labute approximate surface area is 80.9 Å². The molecule has 0 bridgehead atoms. The highest BCUT2D eigenvalue weighted by Crippen LogP contribution is 2.33. The molecule has 0 saturated heterocycles. The summed E-state index contributed by atoms with van der Waals surface area (Å²) in [6, 6.07) is 0.328. The molecule has 3 heteroatoms. The van der Waals surface area contributed by atoms with Crippen LogP contribution in [0.5, 0.6) is 0 Å². The fourth-order valence-corrected chi connectivity index (χ4v) is 1.87. The van der Waals surface area contributed by atoms with Crippen molar-refractivity contribution in [3.8, 4) is 0 Å². The first kappa shape index (κ1) is 11.0. The second-order valence-electron chi connectivity index (χ2n) is 4.15. The van der Waals surface area contributed by atoms with Crippen LogP contribution in [0.3, 0.4) is 0 Å². The van der Waals surface area contributed by atoms with Crippen LogP contribution >= 0.6 is 0 Å². The van der Waals surface area contributed by atoms with E-state index in [1.165, 1.54) is 12.8 Å². The van der Waals surface area contributed by atoms with Gasteiger partial charge >= 0.3 is 0 Å². The monoisotopic (exact) mass is 186 g/mol. The molecule has 0 aliphatic heterocycles. The molecule has 1 aliphatic carbocycles. The number of rotatable bonds is 6. The summed E-state index contributed by atoms with van der Waals surface area (Å²) in [5.41, 5.74) is 6.06. The molecular weight excluding hydrogens is 164 g/mol. The van der Waals surface area contributed by atoms with E-state index >= 15 is 0 Å². The molecule has 3 nitrogen and oxygen atoms in total. The molecule has 13 heavy (non-hydrogen) atoms. The van der Waals surface area contributed by atoms with Crippen molar-refractivity contribution >= 4 is 0 Å². The molecule has 0 radical (unpaired) electrons. The third-order valence-electron chi connectivity index (χ3n) is 2.94. The van der Waals surface area contributed by atoms with Crippen molar-refractivity contribution in [1.82, 2.24) is 4.90 Å². The van der Waals surface area contributed by atoms with E-state index in [2.05, 4.69) is 11.8 Å². The van der Waals surface area contributed by atoms with Crippen molar-refractivity contribution in [2.45, 2.75) is 38.3 Å². The van der Waals surface area contributed by atoms with Crippen LogP contribution in [0.2, 0.25) is 0 Å². The Balaban J connectivity index is 2.39. The van der Waals surface area contributed by atoms with Crippen LogP contribution in [0.15, 0.2) is 0 Å². The minimum Gasteiger partial charge on any atom is -0.395 e. The molecule has 0 aromatic heterocycles. The summed E-state index contributed by atoms with van der Waals surface area (Å²) in [6.07, 6.45) is 3.61. The lowest BCUT2D eigenvalue weighted by molar-refractivity contribution is 0.120. The molecule has 1 aliphatic rings. The molecule has 2 unspecified atom stereocenters. The molecule has 0 aromatic carbocycles. The predicted molar refractivity (Wildman–Crippen MR) is 54.5 cm³/mol. The standard InChI is InChI=1S/C10H22N2O/c1-3-6-12(2)9(7-13)10(11)8-4-5-8/h8-10,13H,3-7,11H2,1-2H3. The van der Waals surface area contributed by atoms with E-state index in [-0.39, 0.29) is 18.7 Å². The quantitative estimate of drug-likeness (QED) is 0.632. The summed E-state index contributed by atoms with van der Waals surface area (Å²) in [6.45, 7) is 3.35. The minimum atomic E-state index is 0.160. The maximum absolute atomic E-state index is 9.25. The van der Waals surface area contributed by atoms with Crippen molar-refractivity contribution in [3.05, 3.63) is 0 Å². The lowest BCUT2D eigenvalue weighted by atomic mass is 10.0. The highest BCUT2D eigenvalue weighted by Gasteiger charge is 2.34. The summed E-state index contributed by atoms with van der Waals surface area (Å²) in [4.78, 5) is 2.18. The van der Waals surface area contributed by atoms with Gasteiger partial charge in [-0.3, -0.25) is 4.90 Å². The van der Waals surface area contributed by atoms with Crippen LogP contribution in [0, 0.1) is 5.92 Å². The number of hydrogen-bond donors (Lipinski definition) is 2. The fraction of sp³-hybridized carbons (Fsp3) is 1.00. The third-order valence-corrected chi connectivity index (χ3v) is 2.94. The average molecular weight is 186 g/mol. The van der Waals surface area contributed by atoms with Crippen molar-refractivity contribution in [3.63, 3.8) is 0 Å². The second-order valence-corrected chi connectivity index (χ2v) is 4.15. The number of hydrogen-bond acceptors (Lipinski definition) is 3. The Kier molecular flexibility index (Phi) is 4.16. The zero-order valence-corrected chi connectivity index (χ0v) is 8.74. The Bertz CT molecular complexity index is 148. The number of nitrogens with two attached hydrogens (primary N) is 1. The van der Waals surface area contributed by atoms with Gasteiger partial charge in [0.25, 0.3) is 0 Å². The van der Waals surface area contributed by atoms with Gasteiger partial charge in [0.15, 0.2) is 0 Å². The third kappa shape index (κ3) is 2.93. The SMILES string of the molecule is CCCN(C)C(CO)C(N)C1CC1. The smallest absolute Gasteiger partial charge is 0.0601 e. The largest absolute Gasteiger partial charge is 0.395 e. The summed E-state index contributed by atoms with van der Waals surface area (Å²) < 4.78 is 0. The van der Waals surface area contributed by atoms with Gasteiger partial charge in [-0.1, -0.05) is 6.92 Å². The maximum Gasteiger partial charge on any atom is 0.0601 e. The minimum absolute atomic E-state index is 0.160. The average Bonchev–Trinajstić information content (AvgIpc) is 2.88. The zero-order chi connectivity index (χ0) is 9.84. The highest BCUT2D eigenvalue weighted by atomic mass is 16.3. The van der Waals surface area contributed by atoms with Crippen molar-refractivity contribution in [1.29, 1.82) is 0 Å². The fourth-order valence-electron chi connectivity index (χ4n) is 1.87. The van der Waals surface area contributed by atoms with Gasteiger partial charge in [0, 0.05) is 12.1 Å². The summed E-state index contributed by atoms with van der Waals surface area (Å²) >= 11 is 0.